The average molecular weight is 312 g/mol. The van der Waals surface area contributed by atoms with Crippen molar-refractivity contribution in [3.8, 4) is 0 Å². The van der Waals surface area contributed by atoms with Crippen LogP contribution in [0.1, 0.15) is 39.0 Å². The van der Waals surface area contributed by atoms with Gasteiger partial charge in [0.25, 0.3) is 10.2 Å². The summed E-state index contributed by atoms with van der Waals surface area (Å²) in [6.45, 7) is 4.90. The molecule has 19 heavy (non-hydrogen) atoms. The Bertz CT molecular complexity index is 352. The van der Waals surface area contributed by atoms with Gasteiger partial charge in [0.05, 0.1) is 0 Å². The first-order valence-electron chi connectivity index (χ1n) is 7.10. The zero-order valence-electron chi connectivity index (χ0n) is 11.6. The molecule has 2 rings (SSSR count). The third-order valence-corrected chi connectivity index (χ3v) is 5.33. The number of hydrogen-bond acceptors (Lipinski definition) is 3. The van der Waals surface area contributed by atoms with Gasteiger partial charge < -0.3 is 5.32 Å². The van der Waals surface area contributed by atoms with Crippen molar-refractivity contribution in [1.29, 1.82) is 0 Å². The minimum Gasteiger partial charge on any atom is -0.314 e. The lowest BCUT2D eigenvalue weighted by molar-refractivity contribution is 0.285. The van der Waals surface area contributed by atoms with Crippen LogP contribution in [-0.2, 0) is 10.2 Å². The minimum atomic E-state index is -3.23. The fourth-order valence-electron chi connectivity index (χ4n) is 2.28. The molecule has 114 valence electrons. The molecule has 1 aliphatic carbocycles. The van der Waals surface area contributed by atoms with Crippen molar-refractivity contribution in [1.82, 2.24) is 14.3 Å². The highest BCUT2D eigenvalue weighted by Crippen LogP contribution is 2.28. The van der Waals surface area contributed by atoms with Crippen LogP contribution in [-0.4, -0.2) is 44.9 Å². The summed E-state index contributed by atoms with van der Waals surface area (Å²) in [5.41, 5.74) is 0. The molecule has 2 fully saturated rings. The number of piperidine rings is 1. The molecule has 1 saturated heterocycles. The summed E-state index contributed by atoms with van der Waals surface area (Å²) in [6.07, 6.45) is 5.42. The summed E-state index contributed by atoms with van der Waals surface area (Å²) in [4.78, 5) is 0. The fraction of sp³-hybridized carbons (Fsp3) is 1.00. The maximum Gasteiger partial charge on any atom is 0.279 e. The summed E-state index contributed by atoms with van der Waals surface area (Å²) in [7, 11) is -3.23. The van der Waals surface area contributed by atoms with Crippen molar-refractivity contribution >= 4 is 22.6 Å². The van der Waals surface area contributed by atoms with Crippen LogP contribution in [0.4, 0.5) is 0 Å². The van der Waals surface area contributed by atoms with Crippen LogP contribution in [0.25, 0.3) is 0 Å². The summed E-state index contributed by atoms with van der Waals surface area (Å²) in [6, 6.07) is 0.503. The third-order valence-electron chi connectivity index (χ3n) is 3.72. The summed E-state index contributed by atoms with van der Waals surface area (Å²) < 4.78 is 28.1. The minimum absolute atomic E-state index is 0. The van der Waals surface area contributed by atoms with Gasteiger partial charge in [0.15, 0.2) is 0 Å². The number of nitrogens with one attached hydrogen (secondary N) is 2. The van der Waals surface area contributed by atoms with Crippen molar-refractivity contribution in [2.24, 2.45) is 5.92 Å². The Morgan fingerprint density at radius 1 is 1.16 bits per heavy atom. The van der Waals surface area contributed by atoms with Crippen LogP contribution in [0.5, 0.6) is 0 Å². The molecule has 7 heteroatoms. The van der Waals surface area contributed by atoms with E-state index in [1.807, 2.05) is 6.92 Å². The largest absolute Gasteiger partial charge is 0.314 e. The maximum atomic E-state index is 11.9. The second-order valence-electron chi connectivity index (χ2n) is 5.42. The quantitative estimate of drug-likeness (QED) is 0.740. The van der Waals surface area contributed by atoms with Gasteiger partial charge in [-0.2, -0.15) is 12.7 Å². The lowest BCUT2D eigenvalue weighted by atomic mass is 10.1. The predicted octanol–water partition coefficient (Wildman–Crippen LogP) is 1.12. The van der Waals surface area contributed by atoms with E-state index in [4.69, 9.17) is 0 Å². The molecule has 0 aromatic heterocycles. The molecule has 0 aromatic rings. The fourth-order valence-corrected chi connectivity index (χ4v) is 3.61. The van der Waals surface area contributed by atoms with Crippen molar-refractivity contribution in [2.45, 2.75) is 45.1 Å². The van der Waals surface area contributed by atoms with Gasteiger partial charge in [0.2, 0.25) is 0 Å². The van der Waals surface area contributed by atoms with Gasteiger partial charge in [-0.3, -0.25) is 0 Å². The Morgan fingerprint density at radius 2 is 1.79 bits per heavy atom. The molecule has 0 bridgehead atoms. The monoisotopic (exact) mass is 311 g/mol. The SMILES string of the molecule is CCCNS(=O)(=O)N1CCC(NCC2CC2)CC1.Cl. The van der Waals surface area contributed by atoms with Gasteiger partial charge in [-0.15, -0.1) is 12.4 Å². The van der Waals surface area contributed by atoms with Crippen molar-refractivity contribution < 1.29 is 8.42 Å². The molecule has 1 saturated carbocycles. The Labute approximate surface area is 123 Å². The molecular weight excluding hydrogens is 286 g/mol. The lowest BCUT2D eigenvalue weighted by Gasteiger charge is -2.31. The van der Waals surface area contributed by atoms with E-state index in [-0.39, 0.29) is 12.4 Å². The van der Waals surface area contributed by atoms with E-state index in [1.165, 1.54) is 12.8 Å². The van der Waals surface area contributed by atoms with E-state index < -0.39 is 10.2 Å². The highest BCUT2D eigenvalue weighted by molar-refractivity contribution is 7.87. The highest BCUT2D eigenvalue weighted by Gasteiger charge is 2.28. The normalized spacial score (nSPS) is 22.2. The Morgan fingerprint density at radius 3 is 2.32 bits per heavy atom. The van der Waals surface area contributed by atoms with Gasteiger partial charge in [-0.1, -0.05) is 6.92 Å². The molecular formula is C12H26ClN3O2S. The Hall–Kier alpha value is 0.120. The predicted molar refractivity (Wildman–Crippen MR) is 79.8 cm³/mol. The maximum absolute atomic E-state index is 11.9. The van der Waals surface area contributed by atoms with Crippen LogP contribution in [0, 0.1) is 5.92 Å². The lowest BCUT2D eigenvalue weighted by Crippen LogP contribution is -2.49. The first kappa shape index (κ1) is 17.2. The molecule has 5 nitrogen and oxygen atoms in total. The van der Waals surface area contributed by atoms with E-state index >= 15 is 0 Å². The Balaban J connectivity index is 0.00000180. The number of halogens is 1. The summed E-state index contributed by atoms with van der Waals surface area (Å²) >= 11 is 0. The molecule has 1 heterocycles. The zero-order valence-corrected chi connectivity index (χ0v) is 13.2. The van der Waals surface area contributed by atoms with Crippen molar-refractivity contribution in [3.05, 3.63) is 0 Å². The summed E-state index contributed by atoms with van der Waals surface area (Å²) in [5, 5.41) is 3.56. The first-order valence-corrected chi connectivity index (χ1v) is 8.54. The topological polar surface area (TPSA) is 61.4 Å². The van der Waals surface area contributed by atoms with Crippen LogP contribution < -0.4 is 10.0 Å². The molecule has 2 aliphatic rings. The van der Waals surface area contributed by atoms with Gasteiger partial charge in [-0.25, -0.2) is 4.72 Å². The van der Waals surface area contributed by atoms with E-state index in [9.17, 15) is 8.42 Å². The van der Waals surface area contributed by atoms with Crippen molar-refractivity contribution in [2.75, 3.05) is 26.2 Å². The second-order valence-corrected chi connectivity index (χ2v) is 7.18. The molecule has 0 spiro atoms. The van der Waals surface area contributed by atoms with Gasteiger partial charge >= 0.3 is 0 Å². The molecule has 0 aromatic carbocycles. The van der Waals surface area contributed by atoms with Crippen LogP contribution in [0.2, 0.25) is 0 Å². The van der Waals surface area contributed by atoms with Gasteiger partial charge in [0, 0.05) is 25.7 Å². The van der Waals surface area contributed by atoms with Crippen LogP contribution >= 0.6 is 12.4 Å². The van der Waals surface area contributed by atoms with E-state index in [2.05, 4.69) is 10.0 Å². The highest BCUT2D eigenvalue weighted by atomic mass is 35.5. The number of nitrogens with zero attached hydrogens (tertiary/aromatic N) is 1. The van der Waals surface area contributed by atoms with Crippen LogP contribution in [0.15, 0.2) is 0 Å². The van der Waals surface area contributed by atoms with E-state index in [0.717, 1.165) is 31.7 Å². The van der Waals surface area contributed by atoms with E-state index in [0.29, 0.717) is 25.7 Å². The van der Waals surface area contributed by atoms with Gasteiger partial charge in [-0.05, 0) is 44.6 Å². The number of hydrogen-bond donors (Lipinski definition) is 2. The van der Waals surface area contributed by atoms with E-state index in [1.54, 1.807) is 4.31 Å². The Kier molecular flexibility index (Phi) is 7.04. The zero-order chi connectivity index (χ0) is 13.0. The molecule has 1 aliphatic heterocycles. The van der Waals surface area contributed by atoms with Gasteiger partial charge in [0.1, 0.15) is 0 Å². The standard InChI is InChI=1S/C12H25N3O2S.ClH/c1-2-7-14-18(16,17)15-8-5-12(6-9-15)13-10-11-3-4-11;/h11-14H,2-10H2,1H3;1H. The molecule has 0 amide bonds. The summed E-state index contributed by atoms with van der Waals surface area (Å²) in [5.74, 6) is 0.887. The number of rotatable bonds is 7. The smallest absolute Gasteiger partial charge is 0.279 e. The molecule has 0 radical (unpaired) electrons. The van der Waals surface area contributed by atoms with Crippen LogP contribution in [0.3, 0.4) is 0 Å². The molecule has 2 N–H and O–H groups in total. The molecule has 0 atom stereocenters. The second kappa shape index (κ2) is 7.78. The average Bonchev–Trinajstić information content (AvgIpc) is 3.18. The molecule has 0 unspecified atom stereocenters. The third kappa shape index (κ3) is 5.55. The van der Waals surface area contributed by atoms with Crippen molar-refractivity contribution in [3.63, 3.8) is 0 Å². The first-order chi connectivity index (χ1) is 8.62.